The molecule has 0 N–H and O–H groups in total. The summed E-state index contributed by atoms with van der Waals surface area (Å²) in [7, 11) is 1.36. The zero-order valence-electron chi connectivity index (χ0n) is 8.06. The van der Waals surface area contributed by atoms with Crippen molar-refractivity contribution in [3.8, 4) is 0 Å². The molecule has 2 unspecified atom stereocenters. The Bertz CT molecular complexity index is 250. The van der Waals surface area contributed by atoms with Gasteiger partial charge in [-0.3, -0.25) is 9.69 Å². The Hall–Kier alpha value is -1.10. The smallest absolute Gasteiger partial charge is 0.410 e. The third kappa shape index (κ3) is 1.48. The molecule has 2 bridgehead atoms. The highest BCUT2D eigenvalue weighted by atomic mass is 16.5. The van der Waals surface area contributed by atoms with Crippen molar-refractivity contribution >= 4 is 11.9 Å². The van der Waals surface area contributed by atoms with Crippen molar-refractivity contribution in [3.05, 3.63) is 0 Å². The monoisotopic (exact) mass is 199 g/mol. The molecule has 0 saturated carbocycles. The number of rotatable bonds is 0. The average Bonchev–Trinajstić information content (AvgIpc) is 2.15. The number of Topliss-reactive ketones (excluding diaryl/α,β-unsaturated/α-hetero) is 1. The van der Waals surface area contributed by atoms with Crippen molar-refractivity contribution in [2.75, 3.05) is 20.3 Å². The number of ether oxygens (including phenoxy) is 2. The Kier molecular flexibility index (Phi) is 2.41. The minimum atomic E-state index is -0.351. The van der Waals surface area contributed by atoms with Gasteiger partial charge in [-0.15, -0.1) is 0 Å². The molecule has 5 heteroatoms. The number of carbonyl (C=O) groups excluding carboxylic acids is 2. The summed E-state index contributed by atoms with van der Waals surface area (Å²) in [4.78, 5) is 24.4. The van der Waals surface area contributed by atoms with Crippen molar-refractivity contribution in [2.24, 2.45) is 0 Å². The Labute approximate surface area is 82.0 Å². The number of hydrogen-bond acceptors (Lipinski definition) is 4. The predicted octanol–water partition coefficient (Wildman–Crippen LogP) is 0.185. The van der Waals surface area contributed by atoms with E-state index in [0.717, 1.165) is 0 Å². The van der Waals surface area contributed by atoms with Gasteiger partial charge in [0.05, 0.1) is 32.4 Å². The number of fused-ring (bicyclic) bond motifs is 2. The van der Waals surface area contributed by atoms with Crippen molar-refractivity contribution in [2.45, 2.75) is 24.9 Å². The number of morpholine rings is 1. The quantitative estimate of drug-likeness (QED) is 0.558. The molecule has 14 heavy (non-hydrogen) atoms. The number of methoxy groups -OCH3 is 1. The average molecular weight is 199 g/mol. The molecule has 2 saturated heterocycles. The topological polar surface area (TPSA) is 55.8 Å². The van der Waals surface area contributed by atoms with Crippen LogP contribution in [-0.4, -0.2) is 49.2 Å². The highest BCUT2D eigenvalue weighted by Crippen LogP contribution is 2.25. The van der Waals surface area contributed by atoms with E-state index in [0.29, 0.717) is 26.1 Å². The first-order chi connectivity index (χ1) is 6.72. The van der Waals surface area contributed by atoms with Crippen molar-refractivity contribution in [1.82, 2.24) is 4.90 Å². The van der Waals surface area contributed by atoms with Gasteiger partial charge in [0, 0.05) is 12.8 Å². The first kappa shape index (κ1) is 9.45. The minimum Gasteiger partial charge on any atom is -0.453 e. The van der Waals surface area contributed by atoms with E-state index < -0.39 is 0 Å². The molecule has 2 heterocycles. The Balaban J connectivity index is 2.16. The van der Waals surface area contributed by atoms with Gasteiger partial charge in [0.25, 0.3) is 0 Å². The Morgan fingerprint density at radius 2 is 2.00 bits per heavy atom. The van der Waals surface area contributed by atoms with E-state index in [1.165, 1.54) is 7.11 Å². The van der Waals surface area contributed by atoms with Crippen LogP contribution >= 0.6 is 0 Å². The first-order valence-electron chi connectivity index (χ1n) is 4.68. The van der Waals surface area contributed by atoms with Crippen molar-refractivity contribution in [1.29, 1.82) is 0 Å². The summed E-state index contributed by atoms with van der Waals surface area (Å²) in [6.07, 6.45) is 0.438. The van der Waals surface area contributed by atoms with E-state index in [1.54, 1.807) is 4.90 Å². The maximum Gasteiger partial charge on any atom is 0.410 e. The third-order valence-corrected chi connectivity index (χ3v) is 2.72. The van der Waals surface area contributed by atoms with Gasteiger partial charge >= 0.3 is 6.09 Å². The van der Waals surface area contributed by atoms with E-state index in [1.807, 2.05) is 0 Å². The fourth-order valence-electron chi connectivity index (χ4n) is 2.13. The molecule has 2 aliphatic heterocycles. The fourth-order valence-corrected chi connectivity index (χ4v) is 2.13. The van der Waals surface area contributed by atoms with Crippen molar-refractivity contribution in [3.63, 3.8) is 0 Å². The second-order valence-corrected chi connectivity index (χ2v) is 3.67. The van der Waals surface area contributed by atoms with Crippen LogP contribution < -0.4 is 0 Å². The number of amides is 1. The molecule has 0 spiro atoms. The minimum absolute atomic E-state index is 0.123. The standard InChI is InChI=1S/C9H13NO4/c1-13-9(12)10-6-2-8(11)3-7(10)5-14-4-6/h6-7H,2-5H2,1H3. The lowest BCUT2D eigenvalue weighted by Gasteiger charge is -2.43. The molecule has 1 amide bonds. The number of hydrogen-bond donors (Lipinski definition) is 0. The van der Waals surface area contributed by atoms with Crippen LogP contribution in [0.2, 0.25) is 0 Å². The van der Waals surface area contributed by atoms with Crippen molar-refractivity contribution < 1.29 is 19.1 Å². The molecule has 5 nitrogen and oxygen atoms in total. The van der Waals surface area contributed by atoms with Crippen LogP contribution in [0.5, 0.6) is 0 Å². The van der Waals surface area contributed by atoms with Gasteiger partial charge in [0.15, 0.2) is 0 Å². The summed E-state index contributed by atoms with van der Waals surface area (Å²) < 4.78 is 9.99. The van der Waals surface area contributed by atoms with E-state index >= 15 is 0 Å². The molecule has 2 fully saturated rings. The number of carbonyl (C=O) groups is 2. The van der Waals surface area contributed by atoms with Crippen LogP contribution in [0.25, 0.3) is 0 Å². The maximum absolute atomic E-state index is 11.4. The number of nitrogens with zero attached hydrogens (tertiary/aromatic N) is 1. The molecule has 0 aromatic rings. The van der Waals surface area contributed by atoms with Crippen LogP contribution in [0.4, 0.5) is 4.79 Å². The molecule has 2 aliphatic rings. The van der Waals surface area contributed by atoms with E-state index in [2.05, 4.69) is 4.74 Å². The van der Waals surface area contributed by atoms with Crippen LogP contribution in [0.1, 0.15) is 12.8 Å². The third-order valence-electron chi connectivity index (χ3n) is 2.72. The zero-order chi connectivity index (χ0) is 10.1. The Morgan fingerprint density at radius 3 is 2.50 bits per heavy atom. The predicted molar refractivity (Wildman–Crippen MR) is 46.9 cm³/mol. The molecule has 2 rings (SSSR count). The summed E-state index contributed by atoms with van der Waals surface area (Å²) >= 11 is 0. The molecular weight excluding hydrogens is 186 g/mol. The van der Waals surface area contributed by atoms with Crippen LogP contribution in [0.3, 0.4) is 0 Å². The molecule has 78 valence electrons. The fraction of sp³-hybridized carbons (Fsp3) is 0.778. The van der Waals surface area contributed by atoms with E-state index in [4.69, 9.17) is 4.74 Å². The summed E-state index contributed by atoms with van der Waals surface area (Å²) in [5.74, 6) is 0.212. The SMILES string of the molecule is COC(=O)N1C2COCC1CC(=O)C2. The molecule has 0 aromatic carbocycles. The molecule has 2 atom stereocenters. The van der Waals surface area contributed by atoms with Gasteiger partial charge in [0.2, 0.25) is 0 Å². The Morgan fingerprint density at radius 1 is 1.43 bits per heavy atom. The normalized spacial score (nSPS) is 31.5. The summed E-state index contributed by atoms with van der Waals surface area (Å²) in [6.45, 7) is 0.884. The van der Waals surface area contributed by atoms with Gasteiger partial charge in [0.1, 0.15) is 5.78 Å². The van der Waals surface area contributed by atoms with E-state index in [-0.39, 0.29) is 24.0 Å². The second-order valence-electron chi connectivity index (χ2n) is 3.67. The first-order valence-corrected chi connectivity index (χ1v) is 4.68. The lowest BCUT2D eigenvalue weighted by atomic mass is 9.94. The lowest BCUT2D eigenvalue weighted by molar-refractivity contribution is -0.132. The van der Waals surface area contributed by atoms with Gasteiger partial charge in [-0.25, -0.2) is 4.79 Å². The molecule has 0 aromatic heterocycles. The number of ketones is 1. The lowest BCUT2D eigenvalue weighted by Crippen LogP contribution is -2.59. The van der Waals surface area contributed by atoms with Crippen LogP contribution in [0, 0.1) is 0 Å². The van der Waals surface area contributed by atoms with Gasteiger partial charge in [-0.1, -0.05) is 0 Å². The van der Waals surface area contributed by atoms with Crippen LogP contribution in [-0.2, 0) is 14.3 Å². The summed E-state index contributed by atoms with van der Waals surface area (Å²) in [6, 6.07) is -0.245. The number of piperidine rings is 1. The molecule has 0 radical (unpaired) electrons. The highest BCUT2D eigenvalue weighted by molar-refractivity contribution is 5.83. The van der Waals surface area contributed by atoms with E-state index in [9.17, 15) is 9.59 Å². The molecular formula is C9H13NO4. The maximum atomic E-state index is 11.4. The highest BCUT2D eigenvalue weighted by Gasteiger charge is 2.41. The van der Waals surface area contributed by atoms with Gasteiger partial charge in [-0.05, 0) is 0 Å². The van der Waals surface area contributed by atoms with Crippen LogP contribution in [0.15, 0.2) is 0 Å². The second kappa shape index (κ2) is 3.57. The van der Waals surface area contributed by atoms with Gasteiger partial charge < -0.3 is 9.47 Å². The zero-order valence-corrected chi connectivity index (χ0v) is 8.06. The summed E-state index contributed by atoms with van der Waals surface area (Å²) in [5.41, 5.74) is 0. The summed E-state index contributed by atoms with van der Waals surface area (Å²) in [5, 5.41) is 0. The van der Waals surface area contributed by atoms with Gasteiger partial charge in [-0.2, -0.15) is 0 Å². The largest absolute Gasteiger partial charge is 0.453 e. The molecule has 0 aliphatic carbocycles.